The van der Waals surface area contributed by atoms with E-state index in [0.717, 1.165) is 29.8 Å². The lowest BCUT2D eigenvalue weighted by Gasteiger charge is -2.31. The Morgan fingerprint density at radius 3 is 2.40 bits per heavy atom. The van der Waals surface area contributed by atoms with Crippen LogP contribution in [0.3, 0.4) is 0 Å². The quantitative estimate of drug-likeness (QED) is 0.932. The molecule has 0 radical (unpaired) electrons. The summed E-state index contributed by atoms with van der Waals surface area (Å²) in [5.41, 5.74) is 8.56. The maximum Gasteiger partial charge on any atom is 0.255 e. The van der Waals surface area contributed by atoms with Crippen molar-refractivity contribution in [2.75, 3.05) is 13.1 Å². The molecular formula is C20H23N3O2. The minimum Gasteiger partial charge on any atom is -0.370 e. The molecule has 2 heterocycles. The maximum atomic E-state index is 12.8. The molecule has 0 saturated carbocycles. The van der Waals surface area contributed by atoms with E-state index in [1.165, 1.54) is 0 Å². The molecule has 1 saturated heterocycles. The van der Waals surface area contributed by atoms with Crippen molar-refractivity contribution in [3.05, 3.63) is 53.7 Å². The number of likely N-dealkylation sites (tertiary alicyclic amines) is 1. The summed E-state index contributed by atoms with van der Waals surface area (Å²) in [4.78, 5) is 30.3. The highest BCUT2D eigenvalue weighted by Crippen LogP contribution is 2.23. The van der Waals surface area contributed by atoms with Crippen molar-refractivity contribution in [2.45, 2.75) is 26.2 Å². The van der Waals surface area contributed by atoms with E-state index >= 15 is 0 Å². The standard InChI is InChI=1S/C20H23N3O2/c1-14-17(7-8-18(22-14)16-5-3-2-4-6-16)20(25)23-11-9-15(10-12-23)13-19(21)24/h2-8,15H,9-13H2,1H3,(H2,21,24). The topological polar surface area (TPSA) is 76.3 Å². The van der Waals surface area contributed by atoms with Crippen LogP contribution < -0.4 is 5.73 Å². The molecule has 1 aromatic carbocycles. The van der Waals surface area contributed by atoms with Crippen molar-refractivity contribution in [1.29, 1.82) is 0 Å². The maximum absolute atomic E-state index is 12.8. The van der Waals surface area contributed by atoms with Crippen molar-refractivity contribution in [3.63, 3.8) is 0 Å². The molecule has 1 aliphatic heterocycles. The van der Waals surface area contributed by atoms with Crippen LogP contribution in [0, 0.1) is 12.8 Å². The summed E-state index contributed by atoms with van der Waals surface area (Å²) in [5, 5.41) is 0. The van der Waals surface area contributed by atoms with Crippen LogP contribution >= 0.6 is 0 Å². The van der Waals surface area contributed by atoms with E-state index < -0.39 is 0 Å². The lowest BCUT2D eigenvalue weighted by molar-refractivity contribution is -0.119. The van der Waals surface area contributed by atoms with E-state index in [4.69, 9.17) is 5.73 Å². The van der Waals surface area contributed by atoms with Crippen LogP contribution in [0.25, 0.3) is 11.3 Å². The third kappa shape index (κ3) is 4.05. The minimum absolute atomic E-state index is 0.0159. The molecule has 1 aromatic heterocycles. The molecule has 130 valence electrons. The number of amides is 2. The van der Waals surface area contributed by atoms with Gasteiger partial charge >= 0.3 is 0 Å². The molecule has 3 rings (SSSR count). The average Bonchev–Trinajstić information content (AvgIpc) is 2.62. The molecular weight excluding hydrogens is 314 g/mol. The van der Waals surface area contributed by atoms with Gasteiger partial charge in [0.1, 0.15) is 0 Å². The van der Waals surface area contributed by atoms with Crippen LogP contribution in [0.1, 0.15) is 35.3 Å². The van der Waals surface area contributed by atoms with E-state index in [-0.39, 0.29) is 11.8 Å². The van der Waals surface area contributed by atoms with Crippen LogP contribution in [0.2, 0.25) is 0 Å². The van der Waals surface area contributed by atoms with Gasteiger partial charge in [-0.2, -0.15) is 0 Å². The number of aromatic nitrogens is 1. The van der Waals surface area contributed by atoms with E-state index in [1.54, 1.807) is 0 Å². The van der Waals surface area contributed by atoms with Gasteiger partial charge in [0.2, 0.25) is 5.91 Å². The molecule has 0 aliphatic carbocycles. The fourth-order valence-corrected chi connectivity index (χ4v) is 3.35. The Bertz CT molecular complexity index is 766. The first kappa shape index (κ1) is 17.1. The van der Waals surface area contributed by atoms with Gasteiger partial charge in [-0.3, -0.25) is 14.6 Å². The summed E-state index contributed by atoms with van der Waals surface area (Å²) in [7, 11) is 0. The number of piperidine rings is 1. The summed E-state index contributed by atoms with van der Waals surface area (Å²) in [6.45, 7) is 3.20. The van der Waals surface area contributed by atoms with Gasteiger partial charge < -0.3 is 10.6 Å². The number of carbonyl (C=O) groups is 2. The van der Waals surface area contributed by atoms with Crippen molar-refractivity contribution in [3.8, 4) is 11.3 Å². The highest BCUT2D eigenvalue weighted by atomic mass is 16.2. The van der Waals surface area contributed by atoms with Crippen molar-refractivity contribution >= 4 is 11.8 Å². The van der Waals surface area contributed by atoms with Crippen molar-refractivity contribution in [1.82, 2.24) is 9.88 Å². The van der Waals surface area contributed by atoms with Crippen LogP contribution in [0.5, 0.6) is 0 Å². The lowest BCUT2D eigenvalue weighted by Crippen LogP contribution is -2.39. The van der Waals surface area contributed by atoms with Gasteiger partial charge in [0, 0.05) is 25.1 Å². The molecule has 0 atom stereocenters. The number of nitrogens with zero attached hydrogens (tertiary/aromatic N) is 2. The van der Waals surface area contributed by atoms with E-state index in [2.05, 4.69) is 4.98 Å². The number of hydrogen-bond acceptors (Lipinski definition) is 3. The number of rotatable bonds is 4. The van der Waals surface area contributed by atoms with Gasteiger partial charge in [-0.05, 0) is 37.8 Å². The first-order valence-corrected chi connectivity index (χ1v) is 8.65. The zero-order valence-corrected chi connectivity index (χ0v) is 14.4. The number of hydrogen-bond donors (Lipinski definition) is 1. The third-order valence-electron chi connectivity index (χ3n) is 4.78. The predicted octanol–water partition coefficient (Wildman–Crippen LogP) is 2.78. The summed E-state index contributed by atoms with van der Waals surface area (Å²) in [6, 6.07) is 13.7. The number of carbonyl (C=O) groups excluding carboxylic acids is 2. The van der Waals surface area contributed by atoms with Gasteiger partial charge in [0.05, 0.1) is 17.0 Å². The van der Waals surface area contributed by atoms with E-state index in [1.807, 2.05) is 54.3 Å². The molecule has 1 aliphatic rings. The molecule has 2 N–H and O–H groups in total. The second kappa shape index (κ2) is 7.47. The molecule has 5 heteroatoms. The molecule has 1 fully saturated rings. The highest BCUT2D eigenvalue weighted by Gasteiger charge is 2.25. The zero-order chi connectivity index (χ0) is 17.8. The molecule has 0 unspecified atom stereocenters. The van der Waals surface area contributed by atoms with Gasteiger partial charge in [-0.15, -0.1) is 0 Å². The van der Waals surface area contributed by atoms with E-state index in [0.29, 0.717) is 31.0 Å². The van der Waals surface area contributed by atoms with E-state index in [9.17, 15) is 9.59 Å². The monoisotopic (exact) mass is 337 g/mol. The van der Waals surface area contributed by atoms with Crippen LogP contribution in [0.15, 0.2) is 42.5 Å². The Kier molecular flexibility index (Phi) is 5.12. The minimum atomic E-state index is -0.263. The highest BCUT2D eigenvalue weighted by molar-refractivity contribution is 5.95. The van der Waals surface area contributed by atoms with Crippen LogP contribution in [-0.2, 0) is 4.79 Å². The lowest BCUT2D eigenvalue weighted by atomic mass is 9.93. The molecule has 5 nitrogen and oxygen atoms in total. The Labute approximate surface area is 147 Å². The first-order chi connectivity index (χ1) is 12.0. The van der Waals surface area contributed by atoms with Crippen LogP contribution in [0.4, 0.5) is 0 Å². The first-order valence-electron chi connectivity index (χ1n) is 8.65. The Balaban J connectivity index is 1.70. The average molecular weight is 337 g/mol. The molecule has 0 spiro atoms. The SMILES string of the molecule is Cc1nc(-c2ccccc2)ccc1C(=O)N1CCC(CC(N)=O)CC1. The summed E-state index contributed by atoms with van der Waals surface area (Å²) >= 11 is 0. The normalized spacial score (nSPS) is 15.2. The zero-order valence-electron chi connectivity index (χ0n) is 14.4. The summed E-state index contributed by atoms with van der Waals surface area (Å²) in [6.07, 6.45) is 2.06. The Hall–Kier alpha value is -2.69. The fourth-order valence-electron chi connectivity index (χ4n) is 3.35. The molecule has 2 aromatic rings. The largest absolute Gasteiger partial charge is 0.370 e. The summed E-state index contributed by atoms with van der Waals surface area (Å²) in [5.74, 6) is 0.0460. The Morgan fingerprint density at radius 1 is 1.12 bits per heavy atom. The van der Waals surface area contributed by atoms with Crippen molar-refractivity contribution in [2.24, 2.45) is 11.7 Å². The smallest absolute Gasteiger partial charge is 0.255 e. The summed E-state index contributed by atoms with van der Waals surface area (Å²) < 4.78 is 0. The number of aryl methyl sites for hydroxylation is 1. The second-order valence-corrected chi connectivity index (χ2v) is 6.60. The molecule has 25 heavy (non-hydrogen) atoms. The number of primary amides is 1. The van der Waals surface area contributed by atoms with Gasteiger partial charge in [-0.25, -0.2) is 0 Å². The van der Waals surface area contributed by atoms with Gasteiger partial charge in [0.25, 0.3) is 5.91 Å². The molecule has 0 bridgehead atoms. The molecule has 2 amide bonds. The number of benzene rings is 1. The van der Waals surface area contributed by atoms with Gasteiger partial charge in [-0.1, -0.05) is 30.3 Å². The fraction of sp³-hybridized carbons (Fsp3) is 0.350. The second-order valence-electron chi connectivity index (χ2n) is 6.60. The third-order valence-corrected chi connectivity index (χ3v) is 4.78. The number of pyridine rings is 1. The van der Waals surface area contributed by atoms with Crippen molar-refractivity contribution < 1.29 is 9.59 Å². The van der Waals surface area contributed by atoms with Gasteiger partial charge in [0.15, 0.2) is 0 Å². The number of nitrogens with two attached hydrogens (primary N) is 1. The van der Waals surface area contributed by atoms with Crippen LogP contribution in [-0.4, -0.2) is 34.8 Å². The Morgan fingerprint density at radius 2 is 1.80 bits per heavy atom. The predicted molar refractivity (Wildman–Crippen MR) is 96.8 cm³/mol.